The predicted molar refractivity (Wildman–Crippen MR) is 198 cm³/mol. The maximum absolute atomic E-state index is 2.39. The molecule has 10 rings (SSSR count). The highest BCUT2D eigenvalue weighted by atomic mass is 14.9. The van der Waals surface area contributed by atoms with E-state index in [4.69, 9.17) is 0 Å². The Kier molecular flexibility index (Phi) is 5.16. The van der Waals surface area contributed by atoms with Crippen LogP contribution < -0.4 is 0 Å². The molecule has 0 N–H and O–H groups in total. The van der Waals surface area contributed by atoms with Gasteiger partial charge in [0.05, 0.1) is 0 Å². The van der Waals surface area contributed by atoms with Crippen molar-refractivity contribution >= 4 is 75.7 Å². The van der Waals surface area contributed by atoms with Gasteiger partial charge in [-0.05, 0) is 114 Å². The van der Waals surface area contributed by atoms with E-state index in [-0.39, 0.29) is 0 Å². The molecule has 0 atom stereocenters. The molecule has 0 aliphatic rings. The van der Waals surface area contributed by atoms with Crippen LogP contribution >= 0.6 is 0 Å². The highest BCUT2D eigenvalue weighted by Crippen LogP contribution is 2.39. The summed E-state index contributed by atoms with van der Waals surface area (Å²) in [5.74, 6) is 0. The summed E-state index contributed by atoms with van der Waals surface area (Å²) in [6, 6.07) is 54.1. The fraction of sp³-hybridized carbons (Fsp3) is 0.0455. The van der Waals surface area contributed by atoms with Crippen molar-refractivity contribution in [2.45, 2.75) is 0 Å². The van der Waals surface area contributed by atoms with E-state index in [1.165, 1.54) is 98.2 Å². The van der Waals surface area contributed by atoms with Gasteiger partial charge in [-0.25, -0.2) is 0 Å². The third-order valence-electron chi connectivity index (χ3n) is 10.2. The first kappa shape index (κ1) is 25.5. The van der Waals surface area contributed by atoms with Crippen molar-refractivity contribution in [2.24, 2.45) is 14.1 Å². The molecular formula is C44H30N2. The molecule has 2 heterocycles. The number of fused-ring (bicyclic) bond motifs is 9. The molecule has 0 saturated carbocycles. The molecule has 0 aliphatic carbocycles. The molecular weight excluding hydrogens is 556 g/mol. The molecule has 0 aliphatic heterocycles. The van der Waals surface area contributed by atoms with Crippen LogP contribution in [0.15, 0.2) is 146 Å². The molecule has 2 heteroatoms. The molecule has 0 fully saturated rings. The van der Waals surface area contributed by atoms with Crippen LogP contribution in [0, 0.1) is 0 Å². The van der Waals surface area contributed by atoms with Gasteiger partial charge < -0.3 is 9.13 Å². The van der Waals surface area contributed by atoms with Crippen LogP contribution in [0.4, 0.5) is 0 Å². The molecule has 216 valence electrons. The number of rotatable bonds is 2. The summed E-state index contributed by atoms with van der Waals surface area (Å²) in [4.78, 5) is 0. The first-order valence-electron chi connectivity index (χ1n) is 16.0. The summed E-state index contributed by atoms with van der Waals surface area (Å²) in [5, 5.41) is 15.3. The van der Waals surface area contributed by atoms with Crippen molar-refractivity contribution in [3.63, 3.8) is 0 Å². The molecule has 0 bridgehead atoms. The summed E-state index contributed by atoms with van der Waals surface area (Å²) >= 11 is 0. The van der Waals surface area contributed by atoms with Gasteiger partial charge in [-0.15, -0.1) is 0 Å². The summed E-state index contributed by atoms with van der Waals surface area (Å²) in [6.45, 7) is 0. The molecule has 0 saturated heterocycles. The largest absolute Gasteiger partial charge is 0.344 e. The van der Waals surface area contributed by atoms with Gasteiger partial charge in [0, 0.05) is 47.3 Å². The molecule has 2 aromatic heterocycles. The van der Waals surface area contributed by atoms with Crippen LogP contribution in [0.25, 0.3) is 98.2 Å². The number of aryl methyl sites for hydroxylation is 2. The number of hydrogen-bond donors (Lipinski definition) is 0. The average molecular weight is 587 g/mol. The van der Waals surface area contributed by atoms with Crippen molar-refractivity contribution in [1.29, 1.82) is 0 Å². The van der Waals surface area contributed by atoms with E-state index in [0.717, 1.165) is 0 Å². The number of aromatic nitrogens is 2. The van der Waals surface area contributed by atoms with E-state index in [1.54, 1.807) is 0 Å². The highest BCUT2D eigenvalue weighted by Gasteiger charge is 2.14. The van der Waals surface area contributed by atoms with E-state index in [2.05, 4.69) is 169 Å². The van der Waals surface area contributed by atoms with Crippen molar-refractivity contribution in [2.75, 3.05) is 0 Å². The molecule has 0 radical (unpaired) electrons. The van der Waals surface area contributed by atoms with Crippen molar-refractivity contribution in [1.82, 2.24) is 9.13 Å². The third kappa shape index (κ3) is 3.64. The molecule has 8 aromatic carbocycles. The van der Waals surface area contributed by atoms with Gasteiger partial charge in [0.15, 0.2) is 0 Å². The van der Waals surface area contributed by atoms with Gasteiger partial charge in [0.2, 0.25) is 0 Å². The summed E-state index contributed by atoms with van der Waals surface area (Å²) < 4.78 is 4.67. The molecule has 46 heavy (non-hydrogen) atoms. The SMILES string of the molecule is Cn1c(-c2ccc3ccccc3c2)cc2cc3c(ccc4c5cc6cc(-c7ccc8ccccc8c7)n(C)c6cc5ccc34)cc21. The number of benzene rings is 8. The lowest BCUT2D eigenvalue weighted by Crippen LogP contribution is -1.92. The molecule has 0 amide bonds. The first-order valence-corrected chi connectivity index (χ1v) is 16.0. The van der Waals surface area contributed by atoms with E-state index in [9.17, 15) is 0 Å². The van der Waals surface area contributed by atoms with Crippen LogP contribution in [0.1, 0.15) is 0 Å². The second-order valence-corrected chi connectivity index (χ2v) is 12.8. The van der Waals surface area contributed by atoms with Crippen LogP contribution in [0.2, 0.25) is 0 Å². The molecule has 0 unspecified atom stereocenters. The highest BCUT2D eigenvalue weighted by molar-refractivity contribution is 6.21. The van der Waals surface area contributed by atoms with Crippen LogP contribution in [-0.2, 0) is 14.1 Å². The Morgan fingerprint density at radius 1 is 0.304 bits per heavy atom. The third-order valence-corrected chi connectivity index (χ3v) is 10.2. The minimum atomic E-state index is 1.24. The van der Waals surface area contributed by atoms with Gasteiger partial charge >= 0.3 is 0 Å². The number of nitrogens with zero attached hydrogens (tertiary/aromatic N) is 2. The second kappa shape index (κ2) is 9.32. The lowest BCUT2D eigenvalue weighted by Gasteiger charge is -2.10. The van der Waals surface area contributed by atoms with Gasteiger partial charge in [-0.3, -0.25) is 0 Å². The fourth-order valence-corrected chi connectivity index (χ4v) is 7.79. The Morgan fingerprint density at radius 2 is 0.717 bits per heavy atom. The minimum Gasteiger partial charge on any atom is -0.344 e. The van der Waals surface area contributed by atoms with E-state index in [1.807, 2.05) is 0 Å². The Bertz CT molecular complexity index is 2680. The second-order valence-electron chi connectivity index (χ2n) is 12.8. The van der Waals surface area contributed by atoms with Gasteiger partial charge in [-0.2, -0.15) is 0 Å². The molecule has 2 nitrogen and oxygen atoms in total. The predicted octanol–water partition coefficient (Wildman–Crippen LogP) is 11.8. The fourth-order valence-electron chi connectivity index (χ4n) is 7.79. The topological polar surface area (TPSA) is 9.86 Å². The van der Waals surface area contributed by atoms with Gasteiger partial charge in [0.1, 0.15) is 0 Å². The summed E-state index contributed by atoms with van der Waals surface area (Å²) in [7, 11) is 4.37. The quantitative estimate of drug-likeness (QED) is 0.178. The monoisotopic (exact) mass is 586 g/mol. The zero-order chi connectivity index (χ0) is 30.5. The van der Waals surface area contributed by atoms with E-state index in [0.29, 0.717) is 0 Å². The summed E-state index contributed by atoms with van der Waals surface area (Å²) in [6.07, 6.45) is 0. The lowest BCUT2D eigenvalue weighted by molar-refractivity contribution is 0.979. The van der Waals surface area contributed by atoms with Crippen molar-refractivity contribution in [3.05, 3.63) is 146 Å². The Labute approximate surface area is 266 Å². The van der Waals surface area contributed by atoms with Crippen molar-refractivity contribution in [3.8, 4) is 22.5 Å². The maximum Gasteiger partial charge on any atom is 0.0489 e. The van der Waals surface area contributed by atoms with Crippen LogP contribution in [0.3, 0.4) is 0 Å². The van der Waals surface area contributed by atoms with Crippen molar-refractivity contribution < 1.29 is 0 Å². The molecule has 0 spiro atoms. The summed E-state index contributed by atoms with van der Waals surface area (Å²) in [5.41, 5.74) is 7.46. The standard InChI is InChI=1S/C44H30N2/c1-45-41(33-13-11-27-7-3-5-9-29(27)19-33)25-35-21-39-31(23-43(35)45)15-17-38-37(39)18-16-32-24-44-36(22-40(32)38)26-42(46(44)2)34-14-12-28-8-4-6-10-30(28)20-34/h3-26H,1-2H3. The maximum atomic E-state index is 2.39. The Hall–Kier alpha value is -5.86. The lowest BCUT2D eigenvalue weighted by atomic mass is 9.95. The smallest absolute Gasteiger partial charge is 0.0489 e. The Balaban J connectivity index is 1.14. The Morgan fingerprint density at radius 3 is 1.17 bits per heavy atom. The normalized spacial score (nSPS) is 12.1. The van der Waals surface area contributed by atoms with Gasteiger partial charge in [-0.1, -0.05) is 97.1 Å². The van der Waals surface area contributed by atoms with Crippen LogP contribution in [-0.4, -0.2) is 9.13 Å². The zero-order valence-corrected chi connectivity index (χ0v) is 25.8. The zero-order valence-electron chi connectivity index (χ0n) is 25.8. The first-order chi connectivity index (χ1) is 22.6. The van der Waals surface area contributed by atoms with Crippen LogP contribution in [0.5, 0.6) is 0 Å². The number of hydrogen-bond acceptors (Lipinski definition) is 0. The van der Waals surface area contributed by atoms with E-state index >= 15 is 0 Å². The van der Waals surface area contributed by atoms with Gasteiger partial charge in [0.25, 0.3) is 0 Å². The average Bonchev–Trinajstić information content (AvgIpc) is 3.60. The molecule has 10 aromatic rings. The minimum absolute atomic E-state index is 1.24. The van der Waals surface area contributed by atoms with E-state index < -0.39 is 0 Å².